The van der Waals surface area contributed by atoms with E-state index in [-0.39, 0.29) is 0 Å². The van der Waals surface area contributed by atoms with Gasteiger partial charge in [-0.15, -0.1) is 0 Å². The van der Waals surface area contributed by atoms with Gasteiger partial charge in [-0.05, 0) is 56.5 Å². The largest absolute Gasteiger partial charge is 0.388 e. The summed E-state index contributed by atoms with van der Waals surface area (Å²) in [4.78, 5) is 5.03. The van der Waals surface area contributed by atoms with Crippen LogP contribution in [0.15, 0.2) is 0 Å². The van der Waals surface area contributed by atoms with E-state index in [4.69, 9.17) is 0 Å². The van der Waals surface area contributed by atoms with E-state index in [0.29, 0.717) is 0 Å². The average molecular weight is 296 g/mol. The van der Waals surface area contributed by atoms with Crippen molar-refractivity contribution < 1.29 is 5.11 Å². The normalized spacial score (nSPS) is 25.9. The molecule has 0 aromatic rings. The van der Waals surface area contributed by atoms with Gasteiger partial charge in [0.2, 0.25) is 0 Å². The molecule has 2 fully saturated rings. The van der Waals surface area contributed by atoms with Gasteiger partial charge in [-0.25, -0.2) is 0 Å². The molecule has 0 atom stereocenters. The molecular formula is C18H36N2O. The fourth-order valence-electron chi connectivity index (χ4n) is 4.02. The van der Waals surface area contributed by atoms with Crippen molar-refractivity contribution in [1.82, 2.24) is 9.80 Å². The summed E-state index contributed by atoms with van der Waals surface area (Å²) >= 11 is 0. The van der Waals surface area contributed by atoms with Crippen molar-refractivity contribution in [2.24, 2.45) is 17.8 Å². The molecule has 124 valence electrons. The summed E-state index contributed by atoms with van der Waals surface area (Å²) < 4.78 is 0. The van der Waals surface area contributed by atoms with Gasteiger partial charge in [0.15, 0.2) is 0 Å². The Balaban J connectivity index is 1.74. The number of likely N-dealkylation sites (tertiary alicyclic amines) is 2. The molecule has 0 saturated carbocycles. The van der Waals surface area contributed by atoms with Crippen LogP contribution in [0, 0.1) is 17.8 Å². The molecular weight excluding hydrogens is 260 g/mol. The van der Waals surface area contributed by atoms with Gasteiger partial charge in [-0.3, -0.25) is 0 Å². The molecule has 0 radical (unpaired) electrons. The van der Waals surface area contributed by atoms with Gasteiger partial charge in [0.05, 0.1) is 5.60 Å². The fraction of sp³-hybridized carbons (Fsp3) is 1.00. The summed E-state index contributed by atoms with van der Waals surface area (Å²) in [5.74, 6) is 2.43. The highest BCUT2D eigenvalue weighted by atomic mass is 16.3. The third kappa shape index (κ3) is 5.22. The van der Waals surface area contributed by atoms with E-state index < -0.39 is 5.60 Å². The summed E-state index contributed by atoms with van der Waals surface area (Å²) in [6, 6.07) is 0. The van der Waals surface area contributed by atoms with Crippen molar-refractivity contribution in [3.63, 3.8) is 0 Å². The molecule has 1 N–H and O–H groups in total. The first-order chi connectivity index (χ1) is 9.88. The van der Waals surface area contributed by atoms with Crippen molar-refractivity contribution in [2.75, 3.05) is 39.3 Å². The molecule has 0 aromatic carbocycles. The summed E-state index contributed by atoms with van der Waals surface area (Å²) in [6.45, 7) is 15.8. The summed E-state index contributed by atoms with van der Waals surface area (Å²) in [6.07, 6.45) is 4.52. The predicted octanol–water partition coefficient (Wildman–Crippen LogP) is 2.84. The first-order valence-electron chi connectivity index (χ1n) is 9.05. The van der Waals surface area contributed by atoms with Crippen LogP contribution in [-0.2, 0) is 0 Å². The van der Waals surface area contributed by atoms with Crippen molar-refractivity contribution in [2.45, 2.75) is 59.0 Å². The van der Waals surface area contributed by atoms with E-state index in [9.17, 15) is 5.11 Å². The summed E-state index contributed by atoms with van der Waals surface area (Å²) in [7, 11) is 0. The molecule has 0 aromatic heterocycles. The maximum atomic E-state index is 10.9. The zero-order chi connectivity index (χ0) is 15.5. The van der Waals surface area contributed by atoms with Crippen molar-refractivity contribution in [3.05, 3.63) is 0 Å². The van der Waals surface area contributed by atoms with Gasteiger partial charge in [0, 0.05) is 26.2 Å². The lowest BCUT2D eigenvalue weighted by atomic mass is 9.85. The smallest absolute Gasteiger partial charge is 0.0798 e. The first kappa shape index (κ1) is 17.2. The lowest BCUT2D eigenvalue weighted by Crippen LogP contribution is -2.52. The zero-order valence-corrected chi connectivity index (χ0v) is 14.6. The van der Waals surface area contributed by atoms with E-state index >= 15 is 0 Å². The molecule has 2 saturated heterocycles. The Kier molecular flexibility index (Phi) is 6.10. The molecule has 2 heterocycles. The third-order valence-corrected chi connectivity index (χ3v) is 5.50. The van der Waals surface area contributed by atoms with Crippen LogP contribution in [0.3, 0.4) is 0 Å². The Hall–Kier alpha value is -0.120. The van der Waals surface area contributed by atoms with Crippen LogP contribution < -0.4 is 0 Å². The number of hydrogen-bond acceptors (Lipinski definition) is 3. The average Bonchev–Trinajstić information content (AvgIpc) is 2.42. The number of rotatable bonds is 5. The summed E-state index contributed by atoms with van der Waals surface area (Å²) in [5.41, 5.74) is -0.432. The quantitative estimate of drug-likeness (QED) is 0.845. The first-order valence-corrected chi connectivity index (χ1v) is 9.05. The molecule has 3 nitrogen and oxygen atoms in total. The molecule has 2 rings (SSSR count). The van der Waals surface area contributed by atoms with Crippen LogP contribution in [0.1, 0.15) is 53.4 Å². The predicted molar refractivity (Wildman–Crippen MR) is 89.5 cm³/mol. The highest BCUT2D eigenvalue weighted by Gasteiger charge is 2.35. The molecule has 0 aliphatic carbocycles. The SMILES string of the molecule is CC(C)CN1CCC(O)(CN2CCC(C(C)C)CC2)CC1. The van der Waals surface area contributed by atoms with Crippen LogP contribution in [0.4, 0.5) is 0 Å². The lowest BCUT2D eigenvalue weighted by molar-refractivity contribution is -0.0527. The number of hydrogen-bond donors (Lipinski definition) is 1. The molecule has 0 bridgehead atoms. The maximum Gasteiger partial charge on any atom is 0.0798 e. The highest BCUT2D eigenvalue weighted by Crippen LogP contribution is 2.28. The zero-order valence-electron chi connectivity index (χ0n) is 14.6. The number of β-amino-alcohol motifs (C(OH)–C–C–N with tert-alkyl or cyclic N) is 1. The van der Waals surface area contributed by atoms with Gasteiger partial charge in [0.25, 0.3) is 0 Å². The van der Waals surface area contributed by atoms with E-state index in [1.807, 2.05) is 0 Å². The van der Waals surface area contributed by atoms with E-state index in [1.165, 1.54) is 32.5 Å². The number of nitrogens with zero attached hydrogens (tertiary/aromatic N) is 2. The second-order valence-corrected chi connectivity index (χ2v) is 8.28. The molecule has 0 amide bonds. The van der Waals surface area contributed by atoms with Crippen molar-refractivity contribution in [3.8, 4) is 0 Å². The van der Waals surface area contributed by atoms with E-state index in [1.54, 1.807) is 0 Å². The Bertz CT molecular complexity index is 300. The topological polar surface area (TPSA) is 26.7 Å². The highest BCUT2D eigenvalue weighted by molar-refractivity contribution is 4.90. The molecule has 21 heavy (non-hydrogen) atoms. The van der Waals surface area contributed by atoms with E-state index in [2.05, 4.69) is 37.5 Å². The van der Waals surface area contributed by atoms with Gasteiger partial charge in [-0.1, -0.05) is 27.7 Å². The second-order valence-electron chi connectivity index (χ2n) is 8.28. The minimum Gasteiger partial charge on any atom is -0.388 e. The minimum absolute atomic E-state index is 0.432. The molecule has 0 unspecified atom stereocenters. The van der Waals surface area contributed by atoms with Crippen molar-refractivity contribution >= 4 is 0 Å². The van der Waals surface area contributed by atoms with Crippen LogP contribution in [-0.4, -0.2) is 59.8 Å². The van der Waals surface area contributed by atoms with Gasteiger partial charge in [0.1, 0.15) is 0 Å². The monoisotopic (exact) mass is 296 g/mol. The minimum atomic E-state index is -0.432. The Morgan fingerprint density at radius 2 is 1.52 bits per heavy atom. The van der Waals surface area contributed by atoms with Crippen molar-refractivity contribution in [1.29, 1.82) is 0 Å². The second kappa shape index (κ2) is 7.43. The third-order valence-electron chi connectivity index (χ3n) is 5.50. The van der Waals surface area contributed by atoms with E-state index in [0.717, 1.165) is 50.2 Å². The van der Waals surface area contributed by atoms with Crippen LogP contribution in [0.25, 0.3) is 0 Å². The van der Waals surface area contributed by atoms with Gasteiger partial charge >= 0.3 is 0 Å². The molecule has 2 aliphatic heterocycles. The van der Waals surface area contributed by atoms with Gasteiger partial charge < -0.3 is 14.9 Å². The number of aliphatic hydroxyl groups is 1. The maximum absolute atomic E-state index is 10.9. The van der Waals surface area contributed by atoms with Crippen LogP contribution in [0.2, 0.25) is 0 Å². The Morgan fingerprint density at radius 3 is 2.00 bits per heavy atom. The standard InChI is InChI=1S/C18H36N2O/c1-15(2)13-19-11-7-18(21,8-12-19)14-20-9-5-17(6-10-20)16(3)4/h15-17,21H,5-14H2,1-4H3. The van der Waals surface area contributed by atoms with Crippen LogP contribution in [0.5, 0.6) is 0 Å². The molecule has 2 aliphatic rings. The lowest BCUT2D eigenvalue weighted by Gasteiger charge is -2.43. The fourth-order valence-corrected chi connectivity index (χ4v) is 4.02. The molecule has 0 spiro atoms. The molecule has 3 heteroatoms. The van der Waals surface area contributed by atoms with Crippen LogP contribution >= 0.6 is 0 Å². The Labute approximate surface area is 131 Å². The number of piperidine rings is 2. The Morgan fingerprint density at radius 1 is 0.952 bits per heavy atom. The van der Waals surface area contributed by atoms with Gasteiger partial charge in [-0.2, -0.15) is 0 Å². The summed E-state index contributed by atoms with van der Waals surface area (Å²) in [5, 5.41) is 10.9.